The van der Waals surface area contributed by atoms with Gasteiger partial charge >= 0.3 is 5.63 Å². The molecular formula is C22H23NO3. The Kier molecular flexibility index (Phi) is 4.62. The van der Waals surface area contributed by atoms with Crippen LogP contribution >= 0.6 is 0 Å². The summed E-state index contributed by atoms with van der Waals surface area (Å²) in [6.07, 6.45) is 2.09. The minimum Gasteiger partial charge on any atom is -0.423 e. The van der Waals surface area contributed by atoms with E-state index in [2.05, 4.69) is 29.2 Å². The topological polar surface area (TPSA) is 53.7 Å². The summed E-state index contributed by atoms with van der Waals surface area (Å²) in [5.41, 5.74) is 5.04. The molecule has 1 aliphatic rings. The molecule has 0 bridgehead atoms. The molecule has 0 fully saturated rings. The van der Waals surface area contributed by atoms with Crippen LogP contribution in [-0.4, -0.2) is 23.2 Å². The number of aliphatic hydroxyl groups is 1. The molecule has 134 valence electrons. The summed E-state index contributed by atoms with van der Waals surface area (Å²) in [7, 11) is 0. The van der Waals surface area contributed by atoms with Crippen molar-refractivity contribution in [3.05, 3.63) is 81.2 Å². The van der Waals surface area contributed by atoms with E-state index in [9.17, 15) is 9.90 Å². The van der Waals surface area contributed by atoms with Gasteiger partial charge < -0.3 is 9.52 Å². The monoisotopic (exact) mass is 349 g/mol. The van der Waals surface area contributed by atoms with Gasteiger partial charge in [-0.2, -0.15) is 0 Å². The number of hydrogen-bond donors (Lipinski definition) is 1. The predicted octanol–water partition coefficient (Wildman–Crippen LogP) is 3.58. The normalized spacial score (nSPS) is 16.3. The molecule has 0 aliphatic heterocycles. The van der Waals surface area contributed by atoms with Crippen molar-refractivity contribution >= 4 is 11.0 Å². The van der Waals surface area contributed by atoms with Crippen molar-refractivity contribution in [2.45, 2.75) is 32.4 Å². The summed E-state index contributed by atoms with van der Waals surface area (Å²) in [6.45, 7) is 3.27. The van der Waals surface area contributed by atoms with Gasteiger partial charge in [0.25, 0.3) is 0 Å². The Morgan fingerprint density at radius 2 is 2.04 bits per heavy atom. The smallest absolute Gasteiger partial charge is 0.336 e. The molecule has 1 aliphatic carbocycles. The highest BCUT2D eigenvalue weighted by atomic mass is 16.4. The van der Waals surface area contributed by atoms with Gasteiger partial charge in [0.2, 0.25) is 0 Å². The summed E-state index contributed by atoms with van der Waals surface area (Å²) < 4.78 is 5.38. The van der Waals surface area contributed by atoms with Gasteiger partial charge in [-0.25, -0.2) is 4.79 Å². The molecule has 4 nitrogen and oxygen atoms in total. The quantitative estimate of drug-likeness (QED) is 0.715. The highest BCUT2D eigenvalue weighted by Crippen LogP contribution is 2.36. The van der Waals surface area contributed by atoms with E-state index in [0.717, 1.165) is 29.4 Å². The van der Waals surface area contributed by atoms with E-state index < -0.39 is 0 Å². The van der Waals surface area contributed by atoms with E-state index in [1.165, 1.54) is 11.1 Å². The second-order valence-electron chi connectivity index (χ2n) is 7.04. The third-order valence-electron chi connectivity index (χ3n) is 5.29. The van der Waals surface area contributed by atoms with Crippen molar-refractivity contribution in [3.8, 4) is 0 Å². The molecule has 1 atom stereocenters. The fraction of sp³-hybridized carbons (Fsp3) is 0.318. The highest BCUT2D eigenvalue weighted by molar-refractivity contribution is 5.80. The first-order chi connectivity index (χ1) is 12.7. The molecule has 1 N–H and O–H groups in total. The van der Waals surface area contributed by atoms with Gasteiger partial charge in [-0.05, 0) is 48.1 Å². The summed E-state index contributed by atoms with van der Waals surface area (Å²) in [6, 6.07) is 16.3. The molecule has 0 amide bonds. The number of hydrogen-bond acceptors (Lipinski definition) is 4. The third kappa shape index (κ3) is 3.18. The highest BCUT2D eigenvalue weighted by Gasteiger charge is 2.27. The van der Waals surface area contributed by atoms with Crippen LogP contribution < -0.4 is 5.63 Å². The average molecular weight is 349 g/mol. The first kappa shape index (κ1) is 17.0. The lowest BCUT2D eigenvalue weighted by molar-refractivity contribution is 0.143. The lowest BCUT2D eigenvalue weighted by Gasteiger charge is -2.29. The molecule has 4 rings (SSSR count). The van der Waals surface area contributed by atoms with Crippen LogP contribution in [0.3, 0.4) is 0 Å². The summed E-state index contributed by atoms with van der Waals surface area (Å²) in [5.74, 6) is 0. The molecule has 1 unspecified atom stereocenters. The Morgan fingerprint density at radius 1 is 1.19 bits per heavy atom. The SMILES string of the molecule is Cc1ccc2c(CN(CCO)C3CCc4ccccc43)cc(=O)oc2c1. The molecule has 0 spiro atoms. The van der Waals surface area contributed by atoms with Gasteiger partial charge in [-0.3, -0.25) is 4.90 Å². The van der Waals surface area contributed by atoms with Crippen LogP contribution in [0.15, 0.2) is 57.7 Å². The van der Waals surface area contributed by atoms with Crippen LogP contribution in [0, 0.1) is 6.92 Å². The van der Waals surface area contributed by atoms with Gasteiger partial charge in [0.15, 0.2) is 0 Å². The van der Waals surface area contributed by atoms with Crippen molar-refractivity contribution in [2.75, 3.05) is 13.2 Å². The zero-order valence-electron chi connectivity index (χ0n) is 14.9. The Hall–Kier alpha value is -2.43. The third-order valence-corrected chi connectivity index (χ3v) is 5.29. The second kappa shape index (κ2) is 7.06. The average Bonchev–Trinajstić information content (AvgIpc) is 3.04. The number of fused-ring (bicyclic) bond motifs is 2. The molecule has 3 aromatic rings. The van der Waals surface area contributed by atoms with Crippen molar-refractivity contribution in [1.29, 1.82) is 0 Å². The van der Waals surface area contributed by atoms with Crippen LogP contribution in [0.25, 0.3) is 11.0 Å². The van der Waals surface area contributed by atoms with Crippen molar-refractivity contribution in [2.24, 2.45) is 0 Å². The van der Waals surface area contributed by atoms with Gasteiger partial charge in [-0.1, -0.05) is 36.4 Å². The van der Waals surface area contributed by atoms with Crippen molar-refractivity contribution < 1.29 is 9.52 Å². The molecular weight excluding hydrogens is 326 g/mol. The first-order valence-electron chi connectivity index (χ1n) is 9.12. The number of rotatable bonds is 5. The maximum Gasteiger partial charge on any atom is 0.336 e. The maximum atomic E-state index is 12.0. The lowest BCUT2D eigenvalue weighted by Crippen LogP contribution is -2.30. The summed E-state index contributed by atoms with van der Waals surface area (Å²) >= 11 is 0. The Balaban J connectivity index is 1.72. The van der Waals surface area contributed by atoms with Gasteiger partial charge in [-0.15, -0.1) is 0 Å². The lowest BCUT2D eigenvalue weighted by atomic mass is 10.0. The number of benzene rings is 2. The molecule has 0 radical (unpaired) electrons. The van der Waals surface area contributed by atoms with Crippen LogP contribution in [0.1, 0.15) is 34.7 Å². The minimum atomic E-state index is -0.325. The first-order valence-corrected chi connectivity index (χ1v) is 9.12. The number of aliphatic hydroxyl groups excluding tert-OH is 1. The van der Waals surface area contributed by atoms with Crippen molar-refractivity contribution in [3.63, 3.8) is 0 Å². The standard InChI is InChI=1S/C22H23NO3/c1-15-6-8-19-17(13-22(25)26-21(19)12-15)14-23(10-11-24)20-9-7-16-4-2-3-5-18(16)20/h2-6,8,12-13,20,24H,7,9-11,14H2,1H3. The van der Waals surface area contributed by atoms with Gasteiger partial charge in [0.05, 0.1) is 6.61 Å². The molecule has 4 heteroatoms. The zero-order valence-corrected chi connectivity index (χ0v) is 14.9. The molecule has 0 saturated carbocycles. The van der Waals surface area contributed by atoms with E-state index in [4.69, 9.17) is 4.42 Å². The number of aryl methyl sites for hydroxylation is 2. The van der Waals surface area contributed by atoms with Crippen LogP contribution in [0.5, 0.6) is 0 Å². The van der Waals surface area contributed by atoms with E-state index >= 15 is 0 Å². The van der Waals surface area contributed by atoms with Crippen LogP contribution in [0.4, 0.5) is 0 Å². The second-order valence-corrected chi connectivity index (χ2v) is 7.04. The summed E-state index contributed by atoms with van der Waals surface area (Å²) in [4.78, 5) is 14.3. The summed E-state index contributed by atoms with van der Waals surface area (Å²) in [5, 5.41) is 10.6. The van der Waals surface area contributed by atoms with Gasteiger partial charge in [0, 0.05) is 30.6 Å². The molecule has 1 heterocycles. The van der Waals surface area contributed by atoms with E-state index in [-0.39, 0.29) is 18.3 Å². The predicted molar refractivity (Wildman–Crippen MR) is 102 cm³/mol. The zero-order chi connectivity index (χ0) is 18.1. The van der Waals surface area contributed by atoms with E-state index in [0.29, 0.717) is 18.7 Å². The molecule has 1 aromatic heterocycles. The largest absolute Gasteiger partial charge is 0.423 e. The van der Waals surface area contributed by atoms with E-state index in [1.54, 1.807) is 6.07 Å². The minimum absolute atomic E-state index is 0.0944. The van der Waals surface area contributed by atoms with Crippen LogP contribution in [0.2, 0.25) is 0 Å². The number of nitrogens with zero attached hydrogens (tertiary/aromatic N) is 1. The van der Waals surface area contributed by atoms with Crippen LogP contribution in [-0.2, 0) is 13.0 Å². The molecule has 26 heavy (non-hydrogen) atoms. The Morgan fingerprint density at radius 3 is 2.88 bits per heavy atom. The Labute approximate surface area is 152 Å². The molecule has 2 aromatic carbocycles. The van der Waals surface area contributed by atoms with Crippen molar-refractivity contribution in [1.82, 2.24) is 4.90 Å². The Bertz CT molecular complexity index is 992. The van der Waals surface area contributed by atoms with E-state index in [1.807, 2.05) is 25.1 Å². The fourth-order valence-electron chi connectivity index (χ4n) is 4.07. The van der Waals surface area contributed by atoms with Gasteiger partial charge in [0.1, 0.15) is 5.58 Å². The fourth-order valence-corrected chi connectivity index (χ4v) is 4.07. The maximum absolute atomic E-state index is 12.0. The molecule has 0 saturated heterocycles.